The molecule has 5 rings (SSSR count). The van der Waals surface area contributed by atoms with Crippen LogP contribution in [0.3, 0.4) is 0 Å². The highest BCUT2D eigenvalue weighted by atomic mass is 31.2. The lowest BCUT2D eigenvalue weighted by Crippen LogP contribution is -2.32. The van der Waals surface area contributed by atoms with E-state index >= 15 is 0 Å². The molecule has 0 saturated carbocycles. The van der Waals surface area contributed by atoms with Gasteiger partial charge in [0.1, 0.15) is 46.6 Å². The number of ether oxygens (including phenoxy) is 3. The summed E-state index contributed by atoms with van der Waals surface area (Å²) in [5.41, 5.74) is 0.928. The maximum absolute atomic E-state index is 13.5. The van der Waals surface area contributed by atoms with Crippen molar-refractivity contribution in [2.75, 3.05) is 0 Å². The van der Waals surface area contributed by atoms with E-state index in [4.69, 9.17) is 14.2 Å². The summed E-state index contributed by atoms with van der Waals surface area (Å²) in [6.45, 7) is 2.49. The van der Waals surface area contributed by atoms with Gasteiger partial charge in [0.25, 0.3) is 0 Å². The molecule has 0 unspecified atom stereocenters. The van der Waals surface area contributed by atoms with Crippen LogP contribution in [0.25, 0.3) is 0 Å². The van der Waals surface area contributed by atoms with E-state index in [-0.39, 0.29) is 17.1 Å². The third-order valence-corrected chi connectivity index (χ3v) is 11.2. The summed E-state index contributed by atoms with van der Waals surface area (Å²) in [7, 11) is -2.27. The second-order valence-electron chi connectivity index (χ2n) is 9.85. The van der Waals surface area contributed by atoms with Crippen molar-refractivity contribution in [1.82, 2.24) is 0 Å². The van der Waals surface area contributed by atoms with Crippen LogP contribution in [0.5, 0.6) is 17.2 Å². The van der Waals surface area contributed by atoms with E-state index in [1.165, 1.54) is 48.0 Å². The zero-order chi connectivity index (χ0) is 30.2. The molecule has 0 saturated heterocycles. The van der Waals surface area contributed by atoms with E-state index < -0.39 is 25.2 Å². The van der Waals surface area contributed by atoms with Crippen molar-refractivity contribution >= 4 is 41.1 Å². The number of carbonyl (C=O) groups excluding carboxylic acids is 3. The molecule has 0 fully saturated rings. The van der Waals surface area contributed by atoms with Gasteiger partial charge in [-0.3, -0.25) is 9.59 Å². The summed E-state index contributed by atoms with van der Waals surface area (Å²) in [5.74, 6) is -1.30. The Balaban J connectivity index is 1.58. The van der Waals surface area contributed by atoms with Gasteiger partial charge in [0.05, 0.1) is 5.56 Å². The Bertz CT molecular complexity index is 1610. The fourth-order valence-electron chi connectivity index (χ4n) is 5.06. The fraction of sp³-hybridized carbons (Fsp3) is 0.0833. The van der Waals surface area contributed by atoms with E-state index in [1.54, 1.807) is 6.07 Å². The Morgan fingerprint density at radius 2 is 0.953 bits per heavy atom. The lowest BCUT2D eigenvalue weighted by Gasteiger charge is -2.28. The summed E-state index contributed by atoms with van der Waals surface area (Å²) in [4.78, 5) is 36.7. The van der Waals surface area contributed by atoms with Crippen LogP contribution < -0.4 is 30.1 Å². The molecule has 0 aliphatic carbocycles. The van der Waals surface area contributed by atoms with Gasteiger partial charge in [-0.1, -0.05) is 72.8 Å². The van der Waals surface area contributed by atoms with Gasteiger partial charge in [-0.25, -0.2) is 4.79 Å². The molecule has 5 aromatic carbocycles. The molecule has 0 bridgehead atoms. The molecular formula is C36H30O6P+. The molecule has 0 spiro atoms. The van der Waals surface area contributed by atoms with E-state index in [0.717, 1.165) is 5.56 Å². The van der Waals surface area contributed by atoms with Crippen LogP contribution in [0.1, 0.15) is 29.8 Å². The summed E-state index contributed by atoms with van der Waals surface area (Å²) in [6.07, 6.45) is 0.598. The van der Waals surface area contributed by atoms with Gasteiger partial charge >= 0.3 is 17.9 Å². The maximum atomic E-state index is 13.5. The lowest BCUT2D eigenvalue weighted by molar-refractivity contribution is -0.132. The number of hydrogen-bond acceptors (Lipinski definition) is 6. The highest BCUT2D eigenvalue weighted by Gasteiger charge is 2.46. The summed E-state index contributed by atoms with van der Waals surface area (Å²) in [6, 6.07) is 43.0. The first kappa shape index (κ1) is 29.4. The first-order chi connectivity index (χ1) is 20.8. The number of rotatable bonds is 9. The smallest absolute Gasteiger partial charge is 0.343 e. The van der Waals surface area contributed by atoms with Crippen LogP contribution in [-0.2, 0) is 15.8 Å². The van der Waals surface area contributed by atoms with Gasteiger partial charge in [0.15, 0.2) is 0 Å². The lowest BCUT2D eigenvalue weighted by atomic mass is 10.2. The Kier molecular flexibility index (Phi) is 9.09. The minimum atomic E-state index is -2.27. The second kappa shape index (κ2) is 13.3. The molecule has 43 heavy (non-hydrogen) atoms. The van der Waals surface area contributed by atoms with E-state index in [1.807, 2.05) is 36.4 Å². The zero-order valence-corrected chi connectivity index (χ0v) is 24.7. The Labute approximate surface area is 251 Å². The molecule has 6 nitrogen and oxygen atoms in total. The predicted octanol–water partition coefficient (Wildman–Crippen LogP) is 6.25. The number of carbonyl (C=O) groups is 3. The topological polar surface area (TPSA) is 78.9 Å². The minimum Gasteiger partial charge on any atom is -0.427 e. The maximum Gasteiger partial charge on any atom is 0.343 e. The minimum absolute atomic E-state index is 0.0636. The summed E-state index contributed by atoms with van der Waals surface area (Å²) >= 11 is 0. The number of hydrogen-bond donors (Lipinski definition) is 0. The standard InChI is InChI=1S/C36H30O6P/c1-26(37)40-30-22-29(23-31(24-30)41-27(2)38)36(39)42-35-21-13-12-14-28(35)25-43(32-15-6-3-7-16-32,33-17-8-4-9-18-33)34-19-10-5-11-20-34/h3-24H,25H2,1-2H3/q+1. The highest BCUT2D eigenvalue weighted by molar-refractivity contribution is 7.95. The van der Waals surface area contributed by atoms with Gasteiger partial charge in [-0.2, -0.15) is 0 Å². The van der Waals surface area contributed by atoms with Crippen LogP contribution in [-0.4, -0.2) is 17.9 Å². The van der Waals surface area contributed by atoms with Gasteiger partial charge in [-0.05, 0) is 54.6 Å². The van der Waals surface area contributed by atoms with Crippen LogP contribution in [0.15, 0.2) is 133 Å². The first-order valence-corrected chi connectivity index (χ1v) is 15.7. The normalized spacial score (nSPS) is 10.9. The Morgan fingerprint density at radius 1 is 0.535 bits per heavy atom. The Morgan fingerprint density at radius 3 is 1.40 bits per heavy atom. The monoisotopic (exact) mass is 589 g/mol. The third kappa shape index (κ3) is 6.88. The van der Waals surface area contributed by atoms with E-state index in [2.05, 4.69) is 72.8 Å². The van der Waals surface area contributed by atoms with Gasteiger partial charge in [0, 0.05) is 25.5 Å². The molecule has 0 N–H and O–H groups in total. The van der Waals surface area contributed by atoms with Crippen LogP contribution in [0, 0.1) is 0 Å². The molecule has 5 aromatic rings. The van der Waals surface area contributed by atoms with Crippen LogP contribution >= 0.6 is 7.26 Å². The SMILES string of the molecule is CC(=O)Oc1cc(OC(C)=O)cc(C(=O)Oc2ccccc2C[P+](c2ccccc2)(c2ccccc2)c2ccccc2)c1. The third-order valence-electron chi connectivity index (χ3n) is 6.81. The molecule has 0 amide bonds. The molecule has 0 aliphatic heterocycles. The van der Waals surface area contributed by atoms with E-state index in [0.29, 0.717) is 11.9 Å². The summed E-state index contributed by atoms with van der Waals surface area (Å²) in [5, 5.41) is 3.61. The summed E-state index contributed by atoms with van der Waals surface area (Å²) < 4.78 is 16.4. The van der Waals surface area contributed by atoms with Gasteiger partial charge < -0.3 is 14.2 Å². The predicted molar refractivity (Wildman–Crippen MR) is 169 cm³/mol. The van der Waals surface area contributed by atoms with Crippen molar-refractivity contribution < 1.29 is 28.6 Å². The number of para-hydroxylation sites is 1. The van der Waals surface area contributed by atoms with E-state index in [9.17, 15) is 14.4 Å². The number of esters is 3. The van der Waals surface area contributed by atoms with Crippen molar-refractivity contribution in [3.8, 4) is 17.2 Å². The molecule has 0 atom stereocenters. The molecule has 7 heteroatoms. The molecule has 0 heterocycles. The second-order valence-corrected chi connectivity index (χ2v) is 13.3. The average molecular weight is 590 g/mol. The van der Waals surface area contributed by atoms with Crippen LogP contribution in [0.2, 0.25) is 0 Å². The Hall–Kier alpha value is -5.06. The molecule has 214 valence electrons. The molecular weight excluding hydrogens is 559 g/mol. The fourth-order valence-corrected chi connectivity index (χ4v) is 9.31. The van der Waals surface area contributed by atoms with Gasteiger partial charge in [-0.15, -0.1) is 0 Å². The quantitative estimate of drug-likeness (QED) is 0.115. The molecule has 0 aromatic heterocycles. The van der Waals surface area contributed by atoms with Crippen molar-refractivity contribution in [3.63, 3.8) is 0 Å². The average Bonchev–Trinajstić information content (AvgIpc) is 3.01. The molecule has 0 aliphatic rings. The van der Waals surface area contributed by atoms with Crippen LogP contribution in [0.4, 0.5) is 0 Å². The zero-order valence-electron chi connectivity index (χ0n) is 23.8. The largest absolute Gasteiger partial charge is 0.427 e. The first-order valence-electron chi connectivity index (χ1n) is 13.7. The van der Waals surface area contributed by atoms with Crippen molar-refractivity contribution in [2.45, 2.75) is 20.0 Å². The highest BCUT2D eigenvalue weighted by Crippen LogP contribution is 2.59. The van der Waals surface area contributed by atoms with Crippen molar-refractivity contribution in [3.05, 3.63) is 145 Å². The van der Waals surface area contributed by atoms with Crippen molar-refractivity contribution in [1.29, 1.82) is 0 Å². The molecule has 0 radical (unpaired) electrons. The number of benzene rings is 5. The van der Waals surface area contributed by atoms with Crippen molar-refractivity contribution in [2.24, 2.45) is 0 Å². The van der Waals surface area contributed by atoms with Gasteiger partial charge in [0.2, 0.25) is 0 Å².